The van der Waals surface area contributed by atoms with Crippen LogP contribution in [0.2, 0.25) is 0 Å². The monoisotopic (exact) mass is 232 g/mol. The number of alkyl halides is 3. The van der Waals surface area contributed by atoms with Crippen LogP contribution in [0, 0.1) is 6.07 Å². The Morgan fingerprint density at radius 3 is 2.62 bits per heavy atom. The fourth-order valence-corrected chi connectivity index (χ4v) is 0.956. The van der Waals surface area contributed by atoms with Crippen molar-refractivity contribution in [2.75, 3.05) is 11.9 Å². The van der Waals surface area contributed by atoms with Gasteiger partial charge in [-0.05, 0) is 25.1 Å². The second-order valence-electron chi connectivity index (χ2n) is 2.83. The number of rotatable bonds is 2. The number of benzene rings is 1. The van der Waals surface area contributed by atoms with E-state index >= 15 is 0 Å². The molecule has 0 unspecified atom stereocenters. The van der Waals surface area contributed by atoms with Gasteiger partial charge in [0.1, 0.15) is 0 Å². The largest absolute Gasteiger partial charge is 0.450 e. The van der Waals surface area contributed by atoms with Crippen molar-refractivity contribution in [1.82, 2.24) is 0 Å². The molecule has 0 saturated heterocycles. The van der Waals surface area contributed by atoms with Crippen LogP contribution in [0.5, 0.6) is 0 Å². The Balaban J connectivity index is 2.69. The maximum Gasteiger partial charge on any atom is 0.416 e. The molecule has 0 aromatic heterocycles. The summed E-state index contributed by atoms with van der Waals surface area (Å²) in [5, 5.41) is 2.24. The Kier molecular flexibility index (Phi) is 3.76. The van der Waals surface area contributed by atoms with Gasteiger partial charge in [-0.1, -0.05) is 0 Å². The van der Waals surface area contributed by atoms with Crippen molar-refractivity contribution in [3.8, 4) is 0 Å². The van der Waals surface area contributed by atoms with Crippen molar-refractivity contribution in [1.29, 1.82) is 0 Å². The lowest BCUT2D eigenvalue weighted by Crippen LogP contribution is -2.13. The summed E-state index contributed by atoms with van der Waals surface area (Å²) in [6.07, 6.45) is -5.13. The van der Waals surface area contributed by atoms with Crippen LogP contribution < -0.4 is 5.32 Å². The van der Waals surface area contributed by atoms with Gasteiger partial charge in [0.05, 0.1) is 17.9 Å². The molecule has 0 saturated carbocycles. The number of ether oxygens (including phenoxy) is 1. The summed E-state index contributed by atoms with van der Waals surface area (Å²) in [6, 6.07) is 5.04. The third-order valence-electron chi connectivity index (χ3n) is 1.65. The molecule has 0 atom stereocenters. The van der Waals surface area contributed by atoms with E-state index in [1.807, 2.05) is 0 Å². The first kappa shape index (κ1) is 12.4. The molecule has 16 heavy (non-hydrogen) atoms. The fraction of sp³-hybridized carbons (Fsp3) is 0.300. The molecule has 87 valence electrons. The van der Waals surface area contributed by atoms with E-state index in [9.17, 15) is 18.0 Å². The third-order valence-corrected chi connectivity index (χ3v) is 1.65. The summed E-state index contributed by atoms with van der Waals surface area (Å²) >= 11 is 0. The molecule has 1 aromatic rings. The highest BCUT2D eigenvalue weighted by molar-refractivity contribution is 5.84. The zero-order chi connectivity index (χ0) is 12.2. The third kappa shape index (κ3) is 3.45. The van der Waals surface area contributed by atoms with Crippen LogP contribution in [0.25, 0.3) is 0 Å². The summed E-state index contributed by atoms with van der Waals surface area (Å²) in [7, 11) is 0. The standard InChI is InChI=1S/C10H9F3NO2/c1-2-16-9(15)14-8-5-3-7(4-6-8)10(11,12)13/h3-5H,2H2,1H3,(H,14,15). The smallest absolute Gasteiger partial charge is 0.416 e. The van der Waals surface area contributed by atoms with Gasteiger partial charge in [-0.3, -0.25) is 5.32 Å². The molecule has 0 heterocycles. The first-order chi connectivity index (χ1) is 7.43. The Morgan fingerprint density at radius 2 is 2.19 bits per heavy atom. The normalized spacial score (nSPS) is 11.0. The highest BCUT2D eigenvalue weighted by atomic mass is 19.4. The quantitative estimate of drug-likeness (QED) is 0.850. The van der Waals surface area contributed by atoms with Gasteiger partial charge < -0.3 is 4.74 Å². The van der Waals surface area contributed by atoms with Gasteiger partial charge in [0.15, 0.2) is 0 Å². The SMILES string of the molecule is CCOC(=O)Nc1[c]cc(C(F)(F)F)cc1. The first-order valence-electron chi connectivity index (χ1n) is 4.46. The van der Waals surface area contributed by atoms with Gasteiger partial charge in [0.25, 0.3) is 0 Å². The Hall–Kier alpha value is -1.72. The second-order valence-corrected chi connectivity index (χ2v) is 2.83. The van der Waals surface area contributed by atoms with Crippen LogP contribution in [0.15, 0.2) is 18.2 Å². The molecule has 3 nitrogen and oxygen atoms in total. The Labute approximate surface area is 90.2 Å². The summed E-state index contributed by atoms with van der Waals surface area (Å²) < 4.78 is 41.1. The number of carbonyl (C=O) groups excluding carboxylic acids is 1. The van der Waals surface area contributed by atoms with Gasteiger partial charge in [0, 0.05) is 6.07 Å². The van der Waals surface area contributed by atoms with E-state index in [1.165, 1.54) is 0 Å². The minimum absolute atomic E-state index is 0.131. The number of amides is 1. The molecule has 0 aliphatic rings. The van der Waals surface area contributed by atoms with Crippen LogP contribution in [-0.4, -0.2) is 12.7 Å². The molecule has 0 aliphatic carbocycles. The molecule has 1 aromatic carbocycles. The molecule has 0 fully saturated rings. The number of anilines is 1. The van der Waals surface area contributed by atoms with Crippen LogP contribution >= 0.6 is 0 Å². The predicted octanol–water partition coefficient (Wildman–Crippen LogP) is 3.07. The zero-order valence-electron chi connectivity index (χ0n) is 8.39. The fourth-order valence-electron chi connectivity index (χ4n) is 0.956. The van der Waals surface area contributed by atoms with E-state index < -0.39 is 17.8 Å². The van der Waals surface area contributed by atoms with E-state index in [4.69, 9.17) is 0 Å². The van der Waals surface area contributed by atoms with Gasteiger partial charge in [-0.15, -0.1) is 0 Å². The van der Waals surface area contributed by atoms with Crippen molar-refractivity contribution in [3.63, 3.8) is 0 Å². The van der Waals surface area contributed by atoms with E-state index in [0.717, 1.165) is 18.2 Å². The van der Waals surface area contributed by atoms with E-state index in [0.29, 0.717) is 0 Å². The molecule has 6 heteroatoms. The topological polar surface area (TPSA) is 38.3 Å². The van der Waals surface area contributed by atoms with Crippen LogP contribution in [-0.2, 0) is 10.9 Å². The highest BCUT2D eigenvalue weighted by Crippen LogP contribution is 2.29. The number of hydrogen-bond donors (Lipinski definition) is 1. The van der Waals surface area contributed by atoms with E-state index in [-0.39, 0.29) is 12.3 Å². The van der Waals surface area contributed by atoms with Crippen molar-refractivity contribution in [2.24, 2.45) is 0 Å². The summed E-state index contributed by atoms with van der Waals surface area (Å²) in [6.45, 7) is 1.81. The highest BCUT2D eigenvalue weighted by Gasteiger charge is 2.30. The number of nitrogens with one attached hydrogen (secondary N) is 1. The maximum absolute atomic E-state index is 12.2. The molecule has 0 spiro atoms. The Morgan fingerprint density at radius 1 is 1.50 bits per heavy atom. The van der Waals surface area contributed by atoms with Crippen molar-refractivity contribution in [3.05, 3.63) is 29.8 Å². The minimum atomic E-state index is -4.40. The molecular weight excluding hydrogens is 223 g/mol. The van der Waals surface area contributed by atoms with Crippen molar-refractivity contribution in [2.45, 2.75) is 13.1 Å². The first-order valence-corrected chi connectivity index (χ1v) is 4.46. The van der Waals surface area contributed by atoms with Crippen LogP contribution in [0.3, 0.4) is 0 Å². The summed E-state index contributed by atoms with van der Waals surface area (Å²) in [5.41, 5.74) is -0.687. The average Bonchev–Trinajstić information content (AvgIpc) is 2.17. The van der Waals surface area contributed by atoms with Gasteiger partial charge in [-0.2, -0.15) is 13.2 Å². The lowest BCUT2D eigenvalue weighted by molar-refractivity contribution is -0.137. The van der Waals surface area contributed by atoms with Crippen molar-refractivity contribution < 1.29 is 22.7 Å². The van der Waals surface area contributed by atoms with E-state index in [2.05, 4.69) is 16.1 Å². The molecule has 1 rings (SSSR count). The molecule has 1 N–H and O–H groups in total. The molecule has 1 radical (unpaired) electrons. The van der Waals surface area contributed by atoms with Gasteiger partial charge in [-0.25, -0.2) is 4.79 Å². The Bertz CT molecular complexity index is 359. The average molecular weight is 232 g/mol. The number of halogens is 3. The van der Waals surface area contributed by atoms with Crippen LogP contribution in [0.1, 0.15) is 12.5 Å². The summed E-state index contributed by atoms with van der Waals surface area (Å²) in [5.74, 6) is 0. The number of hydrogen-bond acceptors (Lipinski definition) is 2. The molecular formula is C10H9F3NO2. The number of carbonyl (C=O) groups is 1. The molecule has 0 bridgehead atoms. The lowest BCUT2D eigenvalue weighted by atomic mass is 10.2. The minimum Gasteiger partial charge on any atom is -0.450 e. The lowest BCUT2D eigenvalue weighted by Gasteiger charge is -2.08. The second kappa shape index (κ2) is 4.87. The molecule has 0 aliphatic heterocycles. The van der Waals surface area contributed by atoms with Gasteiger partial charge in [0.2, 0.25) is 0 Å². The van der Waals surface area contributed by atoms with Crippen LogP contribution in [0.4, 0.5) is 23.7 Å². The summed E-state index contributed by atoms with van der Waals surface area (Å²) in [4.78, 5) is 10.9. The predicted molar refractivity (Wildman–Crippen MR) is 50.9 cm³/mol. The van der Waals surface area contributed by atoms with Crippen molar-refractivity contribution >= 4 is 11.8 Å². The van der Waals surface area contributed by atoms with E-state index in [1.54, 1.807) is 6.92 Å². The zero-order valence-corrected chi connectivity index (χ0v) is 8.39. The maximum atomic E-state index is 12.2. The van der Waals surface area contributed by atoms with Gasteiger partial charge >= 0.3 is 12.3 Å². The molecule has 1 amide bonds.